The highest BCUT2D eigenvalue weighted by Crippen LogP contribution is 2.34. The van der Waals surface area contributed by atoms with Crippen molar-refractivity contribution >= 4 is 22.5 Å². The zero-order valence-corrected chi connectivity index (χ0v) is 18.8. The van der Waals surface area contributed by atoms with Crippen molar-refractivity contribution in [3.63, 3.8) is 0 Å². The number of fused-ring (bicyclic) bond motifs is 1. The summed E-state index contributed by atoms with van der Waals surface area (Å²) < 4.78 is 13.6. The Hall–Kier alpha value is -3.60. The Labute approximate surface area is 193 Å². The third kappa shape index (κ3) is 4.36. The van der Waals surface area contributed by atoms with Gasteiger partial charge in [0.25, 0.3) is 0 Å². The summed E-state index contributed by atoms with van der Waals surface area (Å²) >= 11 is 0. The number of rotatable bonds is 5. The average Bonchev–Trinajstić information content (AvgIpc) is 3.27. The summed E-state index contributed by atoms with van der Waals surface area (Å²) in [5, 5.41) is 1.10. The van der Waals surface area contributed by atoms with Crippen LogP contribution in [0.1, 0.15) is 29.0 Å². The van der Waals surface area contributed by atoms with Crippen molar-refractivity contribution in [2.75, 3.05) is 31.1 Å². The van der Waals surface area contributed by atoms with Gasteiger partial charge in [0.05, 0.1) is 0 Å². The Morgan fingerprint density at radius 1 is 0.939 bits per heavy atom. The standard InChI is InChI=1S/C28H28FN3O/c1-20-6-2-5-9-27(20)31-14-16-32(17-15-31)28(33)18-24(21-10-12-22(29)13-11-21)25-19-30-26-8-4-3-7-23(25)26/h2-13,19,24,30H,14-18H2,1H3/t24-/m0/s1. The van der Waals surface area contributed by atoms with Gasteiger partial charge in [-0.1, -0.05) is 48.5 Å². The molecule has 2 heterocycles. The molecule has 3 aromatic carbocycles. The number of amides is 1. The minimum Gasteiger partial charge on any atom is -0.368 e. The number of aromatic nitrogens is 1. The first kappa shape index (κ1) is 21.3. The zero-order valence-electron chi connectivity index (χ0n) is 18.8. The van der Waals surface area contributed by atoms with Gasteiger partial charge in [-0.2, -0.15) is 0 Å². The van der Waals surface area contributed by atoms with Crippen molar-refractivity contribution in [2.24, 2.45) is 0 Å². The van der Waals surface area contributed by atoms with E-state index in [-0.39, 0.29) is 17.6 Å². The first-order chi connectivity index (χ1) is 16.1. The lowest BCUT2D eigenvalue weighted by Gasteiger charge is -2.37. The molecule has 4 nitrogen and oxygen atoms in total. The number of H-pyrrole nitrogens is 1. The molecule has 0 unspecified atom stereocenters. The van der Waals surface area contributed by atoms with Crippen LogP contribution in [0.3, 0.4) is 0 Å². The number of carbonyl (C=O) groups excluding carboxylic acids is 1. The lowest BCUT2D eigenvalue weighted by molar-refractivity contribution is -0.131. The summed E-state index contributed by atoms with van der Waals surface area (Å²) in [4.78, 5) is 21.1. The highest BCUT2D eigenvalue weighted by molar-refractivity contribution is 5.86. The molecule has 5 rings (SSSR count). The largest absolute Gasteiger partial charge is 0.368 e. The molecule has 1 aliphatic heterocycles. The molecule has 0 saturated carbocycles. The molecule has 1 saturated heterocycles. The second-order valence-corrected chi connectivity index (χ2v) is 8.75. The number of benzene rings is 3. The monoisotopic (exact) mass is 441 g/mol. The van der Waals surface area contributed by atoms with E-state index in [4.69, 9.17) is 0 Å². The first-order valence-electron chi connectivity index (χ1n) is 11.5. The average molecular weight is 442 g/mol. The van der Waals surface area contributed by atoms with Gasteiger partial charge >= 0.3 is 0 Å². The van der Waals surface area contributed by atoms with Gasteiger partial charge in [0.15, 0.2) is 0 Å². The Bertz CT molecular complexity index is 1260. The van der Waals surface area contributed by atoms with E-state index in [1.807, 2.05) is 29.3 Å². The Kier molecular flexibility index (Phi) is 5.86. The van der Waals surface area contributed by atoms with Gasteiger partial charge in [-0.3, -0.25) is 4.79 Å². The maximum absolute atomic E-state index is 13.6. The highest BCUT2D eigenvalue weighted by atomic mass is 19.1. The van der Waals surface area contributed by atoms with E-state index in [1.54, 1.807) is 12.1 Å². The van der Waals surface area contributed by atoms with Gasteiger partial charge in [0.2, 0.25) is 5.91 Å². The summed E-state index contributed by atoms with van der Waals surface area (Å²) in [5.41, 5.74) is 5.57. The van der Waals surface area contributed by atoms with E-state index in [0.717, 1.165) is 35.1 Å². The third-order valence-corrected chi connectivity index (χ3v) is 6.74. The minimum absolute atomic E-state index is 0.136. The number of nitrogens with zero attached hydrogens (tertiary/aromatic N) is 2. The fraction of sp³-hybridized carbons (Fsp3) is 0.250. The van der Waals surface area contributed by atoms with Gasteiger partial charge in [-0.15, -0.1) is 0 Å². The molecule has 1 aliphatic rings. The third-order valence-electron chi connectivity index (χ3n) is 6.74. The minimum atomic E-state index is -0.268. The number of piperazine rings is 1. The number of anilines is 1. The second kappa shape index (κ2) is 9.10. The Morgan fingerprint density at radius 3 is 2.39 bits per heavy atom. The van der Waals surface area contributed by atoms with Crippen LogP contribution in [0.15, 0.2) is 79.0 Å². The van der Waals surface area contributed by atoms with Crippen molar-refractivity contribution in [1.29, 1.82) is 0 Å². The van der Waals surface area contributed by atoms with E-state index in [2.05, 4.69) is 47.1 Å². The maximum Gasteiger partial charge on any atom is 0.223 e. The number of carbonyl (C=O) groups is 1. The number of aryl methyl sites for hydroxylation is 1. The van der Waals surface area contributed by atoms with Crippen LogP contribution in [0.4, 0.5) is 10.1 Å². The van der Waals surface area contributed by atoms with Gasteiger partial charge in [-0.25, -0.2) is 4.39 Å². The van der Waals surface area contributed by atoms with E-state index in [1.165, 1.54) is 23.4 Å². The van der Waals surface area contributed by atoms with Crippen molar-refractivity contribution in [2.45, 2.75) is 19.3 Å². The molecule has 0 aliphatic carbocycles. The topological polar surface area (TPSA) is 39.3 Å². The van der Waals surface area contributed by atoms with Crippen LogP contribution in [-0.4, -0.2) is 42.0 Å². The Balaban J connectivity index is 1.36. The van der Waals surface area contributed by atoms with Crippen LogP contribution < -0.4 is 4.90 Å². The molecule has 0 spiro atoms. The first-order valence-corrected chi connectivity index (χ1v) is 11.5. The fourth-order valence-corrected chi connectivity index (χ4v) is 4.90. The van der Waals surface area contributed by atoms with Crippen LogP contribution in [-0.2, 0) is 4.79 Å². The quantitative estimate of drug-likeness (QED) is 0.445. The molecule has 0 bridgehead atoms. The van der Waals surface area contributed by atoms with Crippen molar-refractivity contribution in [3.8, 4) is 0 Å². The van der Waals surface area contributed by atoms with Gasteiger partial charge < -0.3 is 14.8 Å². The smallest absolute Gasteiger partial charge is 0.223 e. The van der Waals surface area contributed by atoms with Crippen molar-refractivity contribution in [3.05, 3.63) is 102 Å². The highest BCUT2D eigenvalue weighted by Gasteiger charge is 2.27. The molecule has 1 atom stereocenters. The summed E-state index contributed by atoms with van der Waals surface area (Å²) in [7, 11) is 0. The number of hydrogen-bond acceptors (Lipinski definition) is 2. The number of hydrogen-bond donors (Lipinski definition) is 1. The van der Waals surface area contributed by atoms with Crippen LogP contribution in [0, 0.1) is 12.7 Å². The molecular weight excluding hydrogens is 413 g/mol. The van der Waals surface area contributed by atoms with E-state index >= 15 is 0 Å². The van der Waals surface area contributed by atoms with Crippen LogP contribution >= 0.6 is 0 Å². The zero-order chi connectivity index (χ0) is 22.8. The summed E-state index contributed by atoms with van der Waals surface area (Å²) in [6.07, 6.45) is 2.35. The number of halogens is 1. The Morgan fingerprint density at radius 2 is 1.64 bits per heavy atom. The van der Waals surface area contributed by atoms with Gasteiger partial charge in [0, 0.05) is 61.3 Å². The molecular formula is C28H28FN3O. The van der Waals surface area contributed by atoms with E-state index < -0.39 is 0 Å². The normalized spacial score (nSPS) is 15.1. The van der Waals surface area contributed by atoms with E-state index in [9.17, 15) is 9.18 Å². The second-order valence-electron chi connectivity index (χ2n) is 8.75. The molecule has 33 heavy (non-hydrogen) atoms. The lowest BCUT2D eigenvalue weighted by atomic mass is 9.87. The van der Waals surface area contributed by atoms with Gasteiger partial charge in [-0.05, 0) is 47.9 Å². The molecule has 5 heteroatoms. The number of aromatic amines is 1. The molecule has 1 amide bonds. The predicted octanol–water partition coefficient (Wildman–Crippen LogP) is 5.49. The maximum atomic E-state index is 13.6. The SMILES string of the molecule is Cc1ccccc1N1CCN(C(=O)C[C@@H](c2ccc(F)cc2)c2c[nH]c3ccccc23)CC1. The van der Waals surface area contributed by atoms with Crippen molar-refractivity contribution in [1.82, 2.24) is 9.88 Å². The molecule has 4 aromatic rings. The number of para-hydroxylation sites is 2. The summed E-state index contributed by atoms with van der Waals surface area (Å²) in [6, 6.07) is 23.0. The predicted molar refractivity (Wildman–Crippen MR) is 131 cm³/mol. The fourth-order valence-electron chi connectivity index (χ4n) is 4.90. The summed E-state index contributed by atoms with van der Waals surface area (Å²) in [5.74, 6) is -0.266. The van der Waals surface area contributed by atoms with Crippen LogP contribution in [0.2, 0.25) is 0 Å². The van der Waals surface area contributed by atoms with Crippen LogP contribution in [0.5, 0.6) is 0 Å². The van der Waals surface area contributed by atoms with E-state index in [0.29, 0.717) is 19.5 Å². The molecule has 0 radical (unpaired) electrons. The number of nitrogens with one attached hydrogen (secondary N) is 1. The lowest BCUT2D eigenvalue weighted by Crippen LogP contribution is -2.49. The molecule has 1 aromatic heterocycles. The van der Waals surface area contributed by atoms with Crippen molar-refractivity contribution < 1.29 is 9.18 Å². The molecule has 1 N–H and O–H groups in total. The molecule has 1 fully saturated rings. The van der Waals surface area contributed by atoms with Crippen LogP contribution in [0.25, 0.3) is 10.9 Å². The molecule has 168 valence electrons. The summed E-state index contributed by atoms with van der Waals surface area (Å²) in [6.45, 7) is 5.19. The van der Waals surface area contributed by atoms with Gasteiger partial charge in [0.1, 0.15) is 5.82 Å².